The van der Waals surface area contributed by atoms with E-state index in [1.165, 1.54) is 44.9 Å². The van der Waals surface area contributed by atoms with Crippen LogP contribution in [0.5, 0.6) is 0 Å². The molecule has 1 heterocycles. The summed E-state index contributed by atoms with van der Waals surface area (Å²) in [5.41, 5.74) is 2.79. The van der Waals surface area contributed by atoms with Crippen LogP contribution < -0.4 is 0 Å². The molecule has 1 aliphatic heterocycles. The Morgan fingerprint density at radius 1 is 0.727 bits per heavy atom. The Morgan fingerprint density at radius 3 is 1.50 bits per heavy atom. The molecule has 0 atom stereocenters. The van der Waals surface area contributed by atoms with Crippen LogP contribution in [0.2, 0.25) is 0 Å². The van der Waals surface area contributed by atoms with E-state index >= 15 is 0 Å². The Morgan fingerprint density at radius 2 is 1.23 bits per heavy atom. The van der Waals surface area contributed by atoms with Gasteiger partial charge in [0.25, 0.3) is 0 Å². The van der Waals surface area contributed by atoms with E-state index < -0.39 is 0 Å². The molecule has 0 aromatic heterocycles. The molecular weight excluding hydrogens is 266 g/mol. The first-order chi connectivity index (χ1) is 10.5. The molecule has 0 aromatic rings. The predicted molar refractivity (Wildman–Crippen MR) is 100 cm³/mol. The van der Waals surface area contributed by atoms with Gasteiger partial charge in [0.2, 0.25) is 0 Å². The molecule has 0 fully saturated rings. The zero-order valence-corrected chi connectivity index (χ0v) is 16.7. The van der Waals surface area contributed by atoms with E-state index in [1.807, 2.05) is 0 Å². The molecule has 0 N–H and O–H groups in total. The van der Waals surface area contributed by atoms with Gasteiger partial charge in [-0.25, -0.2) is 0 Å². The van der Waals surface area contributed by atoms with Crippen molar-refractivity contribution >= 4 is 0 Å². The highest BCUT2D eigenvalue weighted by atomic mass is 15.2. The minimum atomic E-state index is 0.315. The van der Waals surface area contributed by atoms with E-state index in [9.17, 15) is 0 Å². The molecule has 0 unspecified atom stereocenters. The number of rotatable bonds is 8. The summed E-state index contributed by atoms with van der Waals surface area (Å²) in [5.74, 6) is 0. The van der Waals surface area contributed by atoms with Gasteiger partial charge in [-0.3, -0.25) is 0 Å². The van der Waals surface area contributed by atoms with Gasteiger partial charge in [-0.2, -0.15) is 0 Å². The van der Waals surface area contributed by atoms with E-state index in [2.05, 4.69) is 66.5 Å². The van der Waals surface area contributed by atoms with Crippen molar-refractivity contribution in [3.8, 4) is 0 Å². The normalized spacial score (nSPS) is 22.5. The van der Waals surface area contributed by atoms with Crippen molar-refractivity contribution in [1.82, 2.24) is 4.90 Å². The number of allylic oxidation sites excluding steroid dienone is 1. The molecule has 1 heteroatoms. The molecule has 0 saturated heterocycles. The van der Waals surface area contributed by atoms with Gasteiger partial charge in [0, 0.05) is 22.9 Å². The SMILES string of the molecule is CCC1=CN(CC)C(CC)(CC)C(CC)(CC)C1(CC)CC. The lowest BCUT2D eigenvalue weighted by Crippen LogP contribution is -2.67. The van der Waals surface area contributed by atoms with Crippen LogP contribution in [0.4, 0.5) is 0 Å². The van der Waals surface area contributed by atoms with Crippen molar-refractivity contribution in [2.24, 2.45) is 10.8 Å². The van der Waals surface area contributed by atoms with Crippen LogP contribution >= 0.6 is 0 Å². The summed E-state index contributed by atoms with van der Waals surface area (Å²) in [6.45, 7) is 20.5. The Labute approximate surface area is 140 Å². The average Bonchev–Trinajstić information content (AvgIpc) is 2.58. The Bertz CT molecular complexity index is 367. The fraction of sp³-hybridized carbons (Fsp3) is 0.905. The summed E-state index contributed by atoms with van der Waals surface area (Å²) >= 11 is 0. The maximum atomic E-state index is 2.72. The minimum Gasteiger partial charge on any atom is -0.371 e. The van der Waals surface area contributed by atoms with Crippen LogP contribution in [0.15, 0.2) is 11.8 Å². The topological polar surface area (TPSA) is 3.24 Å². The van der Waals surface area contributed by atoms with Gasteiger partial charge in [0.1, 0.15) is 0 Å². The summed E-state index contributed by atoms with van der Waals surface area (Å²) in [7, 11) is 0. The molecule has 1 aliphatic rings. The highest BCUT2D eigenvalue weighted by molar-refractivity contribution is 5.30. The third-order valence-electron chi connectivity index (χ3n) is 7.59. The standard InChI is InChI=1S/C21H41N/c1-9-18-17-22(16-8)21(14-6,15-7)20(12-4,13-5)19(18,10-2)11-3/h17H,9-16H2,1-8H3. The molecule has 0 aromatic carbocycles. The highest BCUT2D eigenvalue weighted by Gasteiger charge is 2.62. The summed E-state index contributed by atoms with van der Waals surface area (Å²) in [6.07, 6.45) is 11.4. The van der Waals surface area contributed by atoms with Crippen molar-refractivity contribution in [1.29, 1.82) is 0 Å². The van der Waals surface area contributed by atoms with Gasteiger partial charge in [-0.15, -0.1) is 0 Å². The Hall–Kier alpha value is -0.460. The number of hydrogen-bond acceptors (Lipinski definition) is 1. The van der Waals surface area contributed by atoms with E-state index in [-0.39, 0.29) is 0 Å². The average molecular weight is 308 g/mol. The summed E-state index contributed by atoms with van der Waals surface area (Å²) in [6, 6.07) is 0. The fourth-order valence-corrected chi connectivity index (χ4v) is 6.59. The van der Waals surface area contributed by atoms with Crippen LogP contribution in [0.3, 0.4) is 0 Å². The summed E-state index contributed by atoms with van der Waals surface area (Å²) in [5, 5.41) is 0. The first-order valence-corrected chi connectivity index (χ1v) is 9.97. The first kappa shape index (κ1) is 19.6. The van der Waals surface area contributed by atoms with Crippen LogP contribution in [0.25, 0.3) is 0 Å². The van der Waals surface area contributed by atoms with Crippen molar-refractivity contribution in [3.05, 3.63) is 11.8 Å². The van der Waals surface area contributed by atoms with Gasteiger partial charge in [0.05, 0.1) is 0 Å². The van der Waals surface area contributed by atoms with E-state index in [4.69, 9.17) is 0 Å². The molecule has 0 saturated carbocycles. The summed E-state index contributed by atoms with van der Waals surface area (Å²) < 4.78 is 0. The van der Waals surface area contributed by atoms with Gasteiger partial charge >= 0.3 is 0 Å². The maximum absolute atomic E-state index is 2.72. The lowest BCUT2D eigenvalue weighted by molar-refractivity contribution is -0.121. The van der Waals surface area contributed by atoms with Crippen molar-refractivity contribution in [2.45, 2.75) is 106 Å². The molecule has 1 rings (SSSR count). The van der Waals surface area contributed by atoms with Crippen molar-refractivity contribution in [3.63, 3.8) is 0 Å². The molecule has 1 nitrogen and oxygen atoms in total. The molecule has 130 valence electrons. The Balaban J connectivity index is 3.81. The summed E-state index contributed by atoms with van der Waals surface area (Å²) in [4.78, 5) is 2.72. The lowest BCUT2D eigenvalue weighted by Gasteiger charge is -2.67. The second kappa shape index (κ2) is 7.41. The molecule has 22 heavy (non-hydrogen) atoms. The third kappa shape index (κ3) is 2.18. The second-order valence-corrected chi connectivity index (χ2v) is 7.11. The van der Waals surface area contributed by atoms with Gasteiger partial charge in [-0.1, -0.05) is 48.5 Å². The molecule has 0 aliphatic carbocycles. The zero-order chi connectivity index (χ0) is 17.0. The quantitative estimate of drug-likeness (QED) is 0.477. The smallest absolute Gasteiger partial charge is 0.0455 e. The lowest BCUT2D eigenvalue weighted by atomic mass is 9.44. The first-order valence-electron chi connectivity index (χ1n) is 9.97. The highest BCUT2D eigenvalue weighted by Crippen LogP contribution is 2.65. The largest absolute Gasteiger partial charge is 0.371 e. The molecular formula is C21H41N. The zero-order valence-electron chi connectivity index (χ0n) is 16.7. The molecule has 0 spiro atoms. The fourth-order valence-electron chi connectivity index (χ4n) is 6.59. The van der Waals surface area contributed by atoms with Gasteiger partial charge < -0.3 is 4.90 Å². The van der Waals surface area contributed by atoms with E-state index in [0.717, 1.165) is 6.54 Å². The third-order valence-corrected chi connectivity index (χ3v) is 7.59. The van der Waals surface area contributed by atoms with Crippen LogP contribution in [0, 0.1) is 10.8 Å². The van der Waals surface area contributed by atoms with E-state index in [1.54, 1.807) is 5.57 Å². The van der Waals surface area contributed by atoms with Crippen LogP contribution in [0.1, 0.15) is 100 Å². The Kier molecular flexibility index (Phi) is 6.59. The molecule has 0 amide bonds. The van der Waals surface area contributed by atoms with E-state index in [0.29, 0.717) is 16.4 Å². The second-order valence-electron chi connectivity index (χ2n) is 7.11. The molecule has 0 radical (unpaired) electrons. The van der Waals surface area contributed by atoms with Crippen molar-refractivity contribution in [2.75, 3.05) is 6.54 Å². The number of hydrogen-bond donors (Lipinski definition) is 0. The maximum Gasteiger partial charge on any atom is 0.0455 e. The molecule has 0 bridgehead atoms. The monoisotopic (exact) mass is 307 g/mol. The van der Waals surface area contributed by atoms with Crippen LogP contribution in [-0.4, -0.2) is 17.0 Å². The minimum absolute atomic E-state index is 0.315. The van der Waals surface area contributed by atoms with Gasteiger partial charge in [-0.05, 0) is 63.6 Å². The van der Waals surface area contributed by atoms with Gasteiger partial charge in [0.15, 0.2) is 0 Å². The predicted octanol–water partition coefficient (Wildman–Crippen LogP) is 6.79. The van der Waals surface area contributed by atoms with Crippen LogP contribution in [-0.2, 0) is 0 Å². The van der Waals surface area contributed by atoms with Crippen molar-refractivity contribution < 1.29 is 0 Å². The number of nitrogens with zero attached hydrogens (tertiary/aromatic N) is 1.